The van der Waals surface area contributed by atoms with Crippen LogP contribution in [0.5, 0.6) is 5.75 Å². The lowest BCUT2D eigenvalue weighted by atomic mass is 10.1. The number of furan rings is 1. The van der Waals surface area contributed by atoms with Crippen molar-refractivity contribution in [3.8, 4) is 16.9 Å². The van der Waals surface area contributed by atoms with Crippen LogP contribution >= 0.6 is 11.6 Å². The second-order valence-electron chi connectivity index (χ2n) is 4.28. The van der Waals surface area contributed by atoms with Crippen molar-refractivity contribution in [1.82, 2.24) is 5.32 Å². The molecule has 1 heterocycles. The van der Waals surface area contributed by atoms with Crippen molar-refractivity contribution >= 4 is 11.6 Å². The molecule has 0 aliphatic carbocycles. The van der Waals surface area contributed by atoms with Gasteiger partial charge in [0.25, 0.3) is 0 Å². The summed E-state index contributed by atoms with van der Waals surface area (Å²) >= 11 is 6.07. The zero-order valence-electron chi connectivity index (χ0n) is 11.2. The Morgan fingerprint density at radius 3 is 2.84 bits per heavy atom. The zero-order valence-corrected chi connectivity index (χ0v) is 12.0. The summed E-state index contributed by atoms with van der Waals surface area (Å²) in [5, 5.41) is 4.02. The summed E-state index contributed by atoms with van der Waals surface area (Å²) in [6, 6.07) is 7.53. The van der Waals surface area contributed by atoms with E-state index >= 15 is 0 Å². The Labute approximate surface area is 118 Å². The van der Waals surface area contributed by atoms with E-state index in [1.54, 1.807) is 13.4 Å². The third-order valence-electron chi connectivity index (χ3n) is 2.91. The fourth-order valence-corrected chi connectivity index (χ4v) is 2.16. The Balaban J connectivity index is 2.31. The van der Waals surface area contributed by atoms with Gasteiger partial charge in [-0.25, -0.2) is 0 Å². The number of hydrogen-bond donors (Lipinski definition) is 1. The monoisotopic (exact) mass is 279 g/mol. The molecule has 0 aliphatic rings. The minimum atomic E-state index is 0.685. The molecule has 0 atom stereocenters. The topological polar surface area (TPSA) is 34.4 Å². The van der Waals surface area contributed by atoms with E-state index in [1.807, 2.05) is 24.3 Å². The smallest absolute Gasteiger partial charge is 0.126 e. The van der Waals surface area contributed by atoms with E-state index < -0.39 is 0 Å². The Bertz CT molecular complexity index is 537. The van der Waals surface area contributed by atoms with Gasteiger partial charge in [0.15, 0.2) is 0 Å². The molecule has 0 fully saturated rings. The van der Waals surface area contributed by atoms with Gasteiger partial charge in [-0.15, -0.1) is 0 Å². The number of methoxy groups -OCH3 is 1. The highest BCUT2D eigenvalue weighted by Gasteiger charge is 2.13. The van der Waals surface area contributed by atoms with E-state index in [-0.39, 0.29) is 0 Å². The molecule has 0 saturated carbocycles. The first-order valence-corrected chi connectivity index (χ1v) is 6.75. The molecular formula is C15H18ClNO2. The summed E-state index contributed by atoms with van der Waals surface area (Å²) in [4.78, 5) is 0. The summed E-state index contributed by atoms with van der Waals surface area (Å²) in [6.07, 6.45) is 2.79. The van der Waals surface area contributed by atoms with E-state index in [0.29, 0.717) is 11.6 Å². The van der Waals surface area contributed by atoms with Gasteiger partial charge in [0.2, 0.25) is 0 Å². The standard InChI is InChI=1S/C15H18ClNO2/c1-3-7-17-10-15-12(6-8-19-15)13-9-11(16)4-5-14(13)18-2/h4-6,8-9,17H,3,7,10H2,1-2H3. The number of rotatable bonds is 6. The van der Waals surface area contributed by atoms with Gasteiger partial charge in [0.05, 0.1) is 19.9 Å². The highest BCUT2D eigenvalue weighted by molar-refractivity contribution is 6.31. The van der Waals surface area contributed by atoms with Crippen molar-refractivity contribution in [3.05, 3.63) is 41.3 Å². The summed E-state index contributed by atoms with van der Waals surface area (Å²) in [7, 11) is 1.65. The number of ether oxygens (including phenoxy) is 1. The highest BCUT2D eigenvalue weighted by atomic mass is 35.5. The number of halogens is 1. The van der Waals surface area contributed by atoms with Crippen LogP contribution in [0.4, 0.5) is 0 Å². The Hall–Kier alpha value is -1.45. The molecule has 4 heteroatoms. The molecule has 0 unspecified atom stereocenters. The second-order valence-corrected chi connectivity index (χ2v) is 4.72. The molecule has 2 rings (SSSR count). The lowest BCUT2D eigenvalue weighted by Crippen LogP contribution is -2.13. The van der Waals surface area contributed by atoms with Crippen molar-refractivity contribution < 1.29 is 9.15 Å². The van der Waals surface area contributed by atoms with E-state index in [2.05, 4.69) is 12.2 Å². The van der Waals surface area contributed by atoms with Crippen LogP contribution in [0.1, 0.15) is 19.1 Å². The highest BCUT2D eigenvalue weighted by Crippen LogP contribution is 2.35. The third-order valence-corrected chi connectivity index (χ3v) is 3.14. The van der Waals surface area contributed by atoms with Gasteiger partial charge >= 0.3 is 0 Å². The van der Waals surface area contributed by atoms with Crippen LogP contribution in [0, 0.1) is 0 Å². The maximum Gasteiger partial charge on any atom is 0.126 e. The van der Waals surface area contributed by atoms with Gasteiger partial charge in [0.1, 0.15) is 11.5 Å². The maximum absolute atomic E-state index is 6.07. The minimum Gasteiger partial charge on any atom is -0.496 e. The largest absolute Gasteiger partial charge is 0.496 e. The van der Waals surface area contributed by atoms with Gasteiger partial charge in [-0.3, -0.25) is 0 Å². The predicted octanol–water partition coefficient (Wildman–Crippen LogP) is 4.11. The van der Waals surface area contributed by atoms with Crippen molar-refractivity contribution in [1.29, 1.82) is 0 Å². The molecule has 0 radical (unpaired) electrons. The van der Waals surface area contributed by atoms with E-state index in [1.165, 1.54) is 0 Å². The van der Waals surface area contributed by atoms with Crippen LogP contribution in [0.2, 0.25) is 5.02 Å². The van der Waals surface area contributed by atoms with Crippen LogP contribution in [0.3, 0.4) is 0 Å². The molecule has 0 aliphatic heterocycles. The Morgan fingerprint density at radius 1 is 1.26 bits per heavy atom. The molecule has 2 aromatic rings. The second kappa shape index (κ2) is 6.64. The normalized spacial score (nSPS) is 10.7. The molecule has 0 saturated heterocycles. The van der Waals surface area contributed by atoms with Crippen LogP contribution in [-0.4, -0.2) is 13.7 Å². The van der Waals surface area contributed by atoms with Gasteiger partial charge in [-0.2, -0.15) is 0 Å². The molecule has 1 aromatic carbocycles. The maximum atomic E-state index is 6.07. The van der Waals surface area contributed by atoms with Crippen LogP contribution < -0.4 is 10.1 Å². The minimum absolute atomic E-state index is 0.685. The van der Waals surface area contributed by atoms with Crippen LogP contribution in [0.15, 0.2) is 34.9 Å². The van der Waals surface area contributed by atoms with Crippen molar-refractivity contribution in [3.63, 3.8) is 0 Å². The van der Waals surface area contributed by atoms with E-state index in [0.717, 1.165) is 35.6 Å². The van der Waals surface area contributed by atoms with Crippen molar-refractivity contribution in [2.45, 2.75) is 19.9 Å². The lowest BCUT2D eigenvalue weighted by Gasteiger charge is -2.09. The van der Waals surface area contributed by atoms with Gasteiger partial charge in [0, 0.05) is 16.1 Å². The van der Waals surface area contributed by atoms with Gasteiger partial charge in [-0.05, 0) is 37.2 Å². The zero-order chi connectivity index (χ0) is 13.7. The molecule has 0 amide bonds. The fraction of sp³-hybridized carbons (Fsp3) is 0.333. The molecular weight excluding hydrogens is 262 g/mol. The van der Waals surface area contributed by atoms with Crippen molar-refractivity contribution in [2.75, 3.05) is 13.7 Å². The average Bonchev–Trinajstić information content (AvgIpc) is 2.87. The third kappa shape index (κ3) is 3.31. The molecule has 0 spiro atoms. The van der Waals surface area contributed by atoms with Gasteiger partial charge < -0.3 is 14.5 Å². The summed E-state index contributed by atoms with van der Waals surface area (Å²) < 4.78 is 10.9. The Morgan fingerprint density at radius 2 is 2.11 bits per heavy atom. The lowest BCUT2D eigenvalue weighted by molar-refractivity contribution is 0.416. The summed E-state index contributed by atoms with van der Waals surface area (Å²) in [5.74, 6) is 1.69. The van der Waals surface area contributed by atoms with Crippen molar-refractivity contribution in [2.24, 2.45) is 0 Å². The fourth-order valence-electron chi connectivity index (χ4n) is 1.99. The molecule has 1 aromatic heterocycles. The Kier molecular flexibility index (Phi) is 4.88. The van der Waals surface area contributed by atoms with Crippen LogP contribution in [0.25, 0.3) is 11.1 Å². The van der Waals surface area contributed by atoms with Crippen LogP contribution in [-0.2, 0) is 6.54 Å². The quantitative estimate of drug-likeness (QED) is 0.808. The number of nitrogens with one attached hydrogen (secondary N) is 1. The van der Waals surface area contributed by atoms with E-state index in [4.69, 9.17) is 20.8 Å². The molecule has 102 valence electrons. The number of hydrogen-bond acceptors (Lipinski definition) is 3. The molecule has 1 N–H and O–H groups in total. The summed E-state index contributed by atoms with van der Waals surface area (Å²) in [5.41, 5.74) is 1.97. The molecule has 19 heavy (non-hydrogen) atoms. The first-order chi connectivity index (χ1) is 9.26. The molecule has 3 nitrogen and oxygen atoms in total. The average molecular weight is 280 g/mol. The first-order valence-electron chi connectivity index (χ1n) is 6.37. The first kappa shape index (κ1) is 14.0. The number of benzene rings is 1. The predicted molar refractivity (Wildman–Crippen MR) is 77.7 cm³/mol. The van der Waals surface area contributed by atoms with Gasteiger partial charge in [-0.1, -0.05) is 18.5 Å². The SMILES string of the molecule is CCCNCc1occc1-c1cc(Cl)ccc1OC. The van der Waals surface area contributed by atoms with E-state index in [9.17, 15) is 0 Å². The molecule has 0 bridgehead atoms. The summed E-state index contributed by atoms with van der Waals surface area (Å²) in [6.45, 7) is 3.80.